The highest BCUT2D eigenvalue weighted by molar-refractivity contribution is 5.90. The van der Waals surface area contributed by atoms with E-state index in [-0.39, 0.29) is 17.4 Å². The minimum absolute atomic E-state index is 0.0421. The van der Waals surface area contributed by atoms with Crippen LogP contribution in [0.15, 0.2) is 79.3 Å². The Hall–Kier alpha value is -4.93. The Kier molecular flexibility index (Phi) is 8.40. The highest BCUT2D eigenvalue weighted by Gasteiger charge is 2.31. The summed E-state index contributed by atoms with van der Waals surface area (Å²) in [6, 6.07) is 14.5. The molecular weight excluding hydrogens is 509 g/mol. The number of ether oxygens (including phenoxy) is 1. The Morgan fingerprint density at radius 3 is 2.62 bits per heavy atom. The van der Waals surface area contributed by atoms with Crippen LogP contribution in [0.25, 0.3) is 17.2 Å². The number of pyridine rings is 1. The zero-order valence-corrected chi connectivity index (χ0v) is 20.9. The van der Waals surface area contributed by atoms with Crippen molar-refractivity contribution in [3.63, 3.8) is 0 Å². The molecule has 4 N–H and O–H groups in total. The first-order valence-electron chi connectivity index (χ1n) is 11.8. The highest BCUT2D eigenvalue weighted by atomic mass is 19.4. The molecule has 0 spiro atoms. The molecule has 0 radical (unpaired) electrons. The Morgan fingerprint density at radius 1 is 1.10 bits per heavy atom. The SMILES string of the molecule is COc1cc(Nc2ncc(-c3cccc(/C=C/C(N)=O)c3)c(NCCc3ccncc3)n2)cc(C(F)(F)F)c1. The molecule has 0 aliphatic carbocycles. The molecule has 2 aromatic carbocycles. The van der Waals surface area contributed by atoms with Gasteiger partial charge in [0.1, 0.15) is 11.6 Å². The lowest BCUT2D eigenvalue weighted by atomic mass is 10.0. The average Bonchev–Trinajstić information content (AvgIpc) is 2.92. The fourth-order valence-corrected chi connectivity index (χ4v) is 3.73. The predicted molar refractivity (Wildman–Crippen MR) is 143 cm³/mol. The van der Waals surface area contributed by atoms with Gasteiger partial charge in [-0.25, -0.2) is 4.98 Å². The van der Waals surface area contributed by atoms with E-state index in [1.807, 2.05) is 36.4 Å². The number of amides is 1. The Balaban J connectivity index is 1.67. The highest BCUT2D eigenvalue weighted by Crippen LogP contribution is 2.35. The van der Waals surface area contributed by atoms with E-state index in [9.17, 15) is 18.0 Å². The maximum atomic E-state index is 13.4. The largest absolute Gasteiger partial charge is 0.497 e. The zero-order chi connectivity index (χ0) is 27.8. The van der Waals surface area contributed by atoms with E-state index in [4.69, 9.17) is 10.5 Å². The summed E-state index contributed by atoms with van der Waals surface area (Å²) in [4.78, 5) is 24.1. The number of hydrogen-bond donors (Lipinski definition) is 3. The van der Waals surface area contributed by atoms with Crippen molar-refractivity contribution in [3.05, 3.63) is 96.0 Å². The molecule has 4 rings (SSSR count). The average molecular weight is 535 g/mol. The quantitative estimate of drug-likeness (QED) is 0.231. The molecule has 0 atom stereocenters. The topological polar surface area (TPSA) is 115 Å². The van der Waals surface area contributed by atoms with Crippen molar-refractivity contribution in [1.82, 2.24) is 15.0 Å². The number of anilines is 3. The van der Waals surface area contributed by atoms with Crippen molar-refractivity contribution < 1.29 is 22.7 Å². The summed E-state index contributed by atoms with van der Waals surface area (Å²) in [6.07, 6.45) is 3.99. The lowest BCUT2D eigenvalue weighted by Crippen LogP contribution is -2.10. The standard InChI is InChI=1S/C28H25F3N6O2/c1-39-23-15-21(28(29,30)31)14-22(16-23)36-27-35-17-24(20-4-2-3-19(13-20)5-6-25(32)38)26(37-27)34-12-9-18-7-10-33-11-8-18/h2-8,10-11,13-17H,9,12H2,1H3,(H2,32,38)(H2,34,35,36,37)/b6-5+. The first-order chi connectivity index (χ1) is 18.7. The van der Waals surface area contributed by atoms with Gasteiger partial charge in [-0.15, -0.1) is 0 Å². The molecule has 2 heterocycles. The van der Waals surface area contributed by atoms with Crippen LogP contribution in [-0.2, 0) is 17.4 Å². The van der Waals surface area contributed by atoms with Crippen molar-refractivity contribution in [2.75, 3.05) is 24.3 Å². The number of nitrogens with zero attached hydrogens (tertiary/aromatic N) is 3. The molecule has 11 heteroatoms. The fraction of sp³-hybridized carbons (Fsp3) is 0.143. The van der Waals surface area contributed by atoms with Gasteiger partial charge in [0.15, 0.2) is 0 Å². The molecule has 8 nitrogen and oxygen atoms in total. The second kappa shape index (κ2) is 12.1. The van der Waals surface area contributed by atoms with Crippen LogP contribution in [0.4, 0.5) is 30.6 Å². The number of benzene rings is 2. The van der Waals surface area contributed by atoms with Crippen molar-refractivity contribution in [2.24, 2.45) is 5.73 Å². The number of rotatable bonds is 10. The van der Waals surface area contributed by atoms with Gasteiger partial charge < -0.3 is 21.1 Å². The van der Waals surface area contributed by atoms with E-state index in [0.717, 1.165) is 28.8 Å². The van der Waals surface area contributed by atoms with Gasteiger partial charge in [-0.1, -0.05) is 18.2 Å². The molecule has 1 amide bonds. The summed E-state index contributed by atoms with van der Waals surface area (Å²) in [5.41, 5.74) is 7.70. The molecule has 200 valence electrons. The van der Waals surface area contributed by atoms with Gasteiger partial charge in [0.25, 0.3) is 0 Å². The van der Waals surface area contributed by atoms with Crippen LogP contribution in [0.1, 0.15) is 16.7 Å². The number of hydrogen-bond acceptors (Lipinski definition) is 7. The van der Waals surface area contributed by atoms with Gasteiger partial charge in [-0.2, -0.15) is 18.2 Å². The second-order valence-corrected chi connectivity index (χ2v) is 8.42. The van der Waals surface area contributed by atoms with E-state index in [0.29, 0.717) is 24.3 Å². The third kappa shape index (κ3) is 7.54. The van der Waals surface area contributed by atoms with E-state index in [2.05, 4.69) is 25.6 Å². The number of aromatic nitrogens is 3. The Morgan fingerprint density at radius 2 is 1.90 bits per heavy atom. The van der Waals surface area contributed by atoms with E-state index in [1.165, 1.54) is 19.3 Å². The molecule has 39 heavy (non-hydrogen) atoms. The van der Waals surface area contributed by atoms with Crippen LogP contribution in [0.5, 0.6) is 5.75 Å². The number of alkyl halides is 3. The van der Waals surface area contributed by atoms with Gasteiger partial charge in [0.05, 0.1) is 12.7 Å². The number of methoxy groups -OCH3 is 1. The van der Waals surface area contributed by atoms with Gasteiger partial charge >= 0.3 is 6.18 Å². The molecule has 0 unspecified atom stereocenters. The van der Waals surface area contributed by atoms with Crippen LogP contribution in [0.3, 0.4) is 0 Å². The summed E-state index contributed by atoms with van der Waals surface area (Å²) >= 11 is 0. The summed E-state index contributed by atoms with van der Waals surface area (Å²) in [5, 5.41) is 6.16. The monoisotopic (exact) mass is 534 g/mol. The normalized spacial score (nSPS) is 11.4. The van der Waals surface area contributed by atoms with Crippen LogP contribution < -0.4 is 21.1 Å². The van der Waals surface area contributed by atoms with Gasteiger partial charge in [-0.3, -0.25) is 9.78 Å². The van der Waals surface area contributed by atoms with Gasteiger partial charge in [0, 0.05) is 48.5 Å². The molecule has 0 saturated heterocycles. The predicted octanol–water partition coefficient (Wildman–Crippen LogP) is 5.46. The molecule has 2 aromatic heterocycles. The molecule has 0 aliphatic heterocycles. The summed E-state index contributed by atoms with van der Waals surface area (Å²) in [7, 11) is 1.29. The summed E-state index contributed by atoms with van der Waals surface area (Å²) < 4.78 is 45.2. The summed E-state index contributed by atoms with van der Waals surface area (Å²) in [5.74, 6) is 0.0391. The smallest absolute Gasteiger partial charge is 0.416 e. The fourth-order valence-electron chi connectivity index (χ4n) is 3.73. The lowest BCUT2D eigenvalue weighted by Gasteiger charge is -2.15. The van der Waals surface area contributed by atoms with E-state index >= 15 is 0 Å². The second-order valence-electron chi connectivity index (χ2n) is 8.42. The van der Waals surface area contributed by atoms with Crippen molar-refractivity contribution in [2.45, 2.75) is 12.6 Å². The van der Waals surface area contributed by atoms with Gasteiger partial charge in [0.2, 0.25) is 11.9 Å². The molecule has 0 fully saturated rings. The minimum Gasteiger partial charge on any atom is -0.497 e. The van der Waals surface area contributed by atoms with Crippen LogP contribution in [0.2, 0.25) is 0 Å². The summed E-state index contributed by atoms with van der Waals surface area (Å²) in [6.45, 7) is 0.520. The van der Waals surface area contributed by atoms with E-state index in [1.54, 1.807) is 24.7 Å². The molecule has 0 aliphatic rings. The van der Waals surface area contributed by atoms with Crippen molar-refractivity contribution in [3.8, 4) is 16.9 Å². The molecule has 0 bridgehead atoms. The van der Waals surface area contributed by atoms with Crippen LogP contribution in [-0.4, -0.2) is 34.5 Å². The number of carbonyl (C=O) groups is 1. The first-order valence-corrected chi connectivity index (χ1v) is 11.8. The van der Waals surface area contributed by atoms with Gasteiger partial charge in [-0.05, 0) is 59.5 Å². The van der Waals surface area contributed by atoms with Crippen molar-refractivity contribution in [1.29, 1.82) is 0 Å². The third-order valence-electron chi connectivity index (χ3n) is 5.61. The van der Waals surface area contributed by atoms with Crippen LogP contribution in [0, 0.1) is 0 Å². The van der Waals surface area contributed by atoms with Crippen molar-refractivity contribution >= 4 is 29.4 Å². The maximum Gasteiger partial charge on any atom is 0.416 e. The number of carbonyl (C=O) groups excluding carboxylic acids is 1. The molecule has 0 saturated carbocycles. The van der Waals surface area contributed by atoms with Crippen LogP contribution >= 0.6 is 0 Å². The zero-order valence-electron chi connectivity index (χ0n) is 20.9. The molecule has 4 aromatic rings. The number of primary amides is 1. The number of nitrogens with two attached hydrogens (primary N) is 1. The lowest BCUT2D eigenvalue weighted by molar-refractivity contribution is -0.137. The number of nitrogens with one attached hydrogen (secondary N) is 2. The Labute approximate surface area is 222 Å². The van der Waals surface area contributed by atoms with E-state index < -0.39 is 17.6 Å². The first kappa shape index (κ1) is 27.1. The maximum absolute atomic E-state index is 13.4. The number of halogens is 3. The third-order valence-corrected chi connectivity index (χ3v) is 5.61. The minimum atomic E-state index is -4.55. The molecular formula is C28H25F3N6O2. The Bertz CT molecular complexity index is 1480.